The number of carbonyl (C=O) groups excluding carboxylic acids is 1. The Morgan fingerprint density at radius 2 is 2.09 bits per heavy atom. The summed E-state index contributed by atoms with van der Waals surface area (Å²) in [7, 11) is 1.36. The first-order valence-corrected chi connectivity index (χ1v) is 6.92. The molecular weight excluding hydrogens is 312 g/mol. The van der Waals surface area contributed by atoms with Gasteiger partial charge in [0.15, 0.2) is 0 Å². The molecule has 1 atom stereocenters. The number of halogens is 2. The molecule has 6 nitrogen and oxygen atoms in total. The van der Waals surface area contributed by atoms with Gasteiger partial charge in [-0.25, -0.2) is 0 Å². The van der Waals surface area contributed by atoms with Gasteiger partial charge in [-0.1, -0.05) is 0 Å². The second-order valence-electron chi connectivity index (χ2n) is 5.58. The second-order valence-corrected chi connectivity index (χ2v) is 5.58. The summed E-state index contributed by atoms with van der Waals surface area (Å²) < 4.78 is 34.4. The molecule has 1 heterocycles. The highest BCUT2D eigenvalue weighted by molar-refractivity contribution is 5.97. The SMILES string of the molecule is COc1ccc(C(=O)N2CCC(C)(C(=O)O)C2)c(OC(F)F)c1. The number of hydrogen-bond donors (Lipinski definition) is 1. The number of carboxylic acid groups (broad SMARTS) is 1. The quantitative estimate of drug-likeness (QED) is 0.896. The largest absolute Gasteiger partial charge is 0.497 e. The maximum atomic E-state index is 12.5. The van der Waals surface area contributed by atoms with Crippen LogP contribution in [0.15, 0.2) is 18.2 Å². The maximum Gasteiger partial charge on any atom is 0.387 e. The minimum absolute atomic E-state index is 0.0152. The Morgan fingerprint density at radius 3 is 2.61 bits per heavy atom. The molecule has 23 heavy (non-hydrogen) atoms. The molecule has 1 amide bonds. The fourth-order valence-corrected chi connectivity index (χ4v) is 2.48. The molecule has 126 valence electrons. The van der Waals surface area contributed by atoms with E-state index in [2.05, 4.69) is 4.74 Å². The summed E-state index contributed by atoms with van der Waals surface area (Å²) in [6, 6.07) is 3.99. The van der Waals surface area contributed by atoms with Crippen molar-refractivity contribution in [1.82, 2.24) is 4.90 Å². The highest BCUT2D eigenvalue weighted by Gasteiger charge is 2.42. The number of ether oxygens (including phenoxy) is 2. The van der Waals surface area contributed by atoms with Crippen molar-refractivity contribution in [2.24, 2.45) is 5.41 Å². The van der Waals surface area contributed by atoms with Crippen molar-refractivity contribution in [3.63, 3.8) is 0 Å². The average Bonchev–Trinajstić information content (AvgIpc) is 2.90. The molecule has 1 aliphatic heterocycles. The van der Waals surface area contributed by atoms with Crippen molar-refractivity contribution < 1.29 is 33.0 Å². The van der Waals surface area contributed by atoms with Crippen LogP contribution in [0.3, 0.4) is 0 Å². The molecule has 1 fully saturated rings. The molecule has 1 N–H and O–H groups in total. The fraction of sp³-hybridized carbons (Fsp3) is 0.467. The highest BCUT2D eigenvalue weighted by Crippen LogP contribution is 2.33. The molecule has 0 bridgehead atoms. The minimum Gasteiger partial charge on any atom is -0.497 e. The van der Waals surface area contributed by atoms with Crippen molar-refractivity contribution >= 4 is 11.9 Å². The van der Waals surface area contributed by atoms with E-state index in [0.29, 0.717) is 6.42 Å². The Morgan fingerprint density at radius 1 is 1.39 bits per heavy atom. The van der Waals surface area contributed by atoms with Gasteiger partial charge in [0.05, 0.1) is 18.1 Å². The van der Waals surface area contributed by atoms with Gasteiger partial charge in [-0.3, -0.25) is 9.59 Å². The molecule has 1 unspecified atom stereocenters. The van der Waals surface area contributed by atoms with Crippen molar-refractivity contribution in [1.29, 1.82) is 0 Å². The molecule has 0 aliphatic carbocycles. The van der Waals surface area contributed by atoms with Gasteiger partial charge in [-0.05, 0) is 25.5 Å². The first-order valence-electron chi connectivity index (χ1n) is 6.92. The van der Waals surface area contributed by atoms with E-state index in [9.17, 15) is 23.5 Å². The summed E-state index contributed by atoms with van der Waals surface area (Å²) >= 11 is 0. The number of benzene rings is 1. The third-order valence-electron chi connectivity index (χ3n) is 3.91. The summed E-state index contributed by atoms with van der Waals surface area (Å²) in [4.78, 5) is 25.1. The lowest BCUT2D eigenvalue weighted by Gasteiger charge is -2.21. The van der Waals surface area contributed by atoms with E-state index in [1.165, 1.54) is 30.2 Å². The van der Waals surface area contributed by atoms with Crippen molar-refractivity contribution in [3.05, 3.63) is 23.8 Å². The molecule has 0 aromatic heterocycles. The molecule has 0 spiro atoms. The van der Waals surface area contributed by atoms with Crippen LogP contribution in [0.2, 0.25) is 0 Å². The molecule has 1 aliphatic rings. The van der Waals surface area contributed by atoms with E-state index in [-0.39, 0.29) is 30.2 Å². The van der Waals surface area contributed by atoms with E-state index in [4.69, 9.17) is 4.74 Å². The lowest BCUT2D eigenvalue weighted by molar-refractivity contribution is -0.147. The first-order chi connectivity index (χ1) is 10.8. The number of amides is 1. The van der Waals surface area contributed by atoms with Gasteiger partial charge in [-0.2, -0.15) is 8.78 Å². The van der Waals surface area contributed by atoms with Crippen LogP contribution < -0.4 is 9.47 Å². The molecule has 0 radical (unpaired) electrons. The van der Waals surface area contributed by atoms with Crippen LogP contribution >= 0.6 is 0 Å². The zero-order chi connectivity index (χ0) is 17.2. The Labute approximate surface area is 131 Å². The van der Waals surface area contributed by atoms with E-state index in [1.807, 2.05) is 0 Å². The van der Waals surface area contributed by atoms with Gasteiger partial charge in [0, 0.05) is 19.2 Å². The standard InChI is InChI=1S/C15H17F2NO5/c1-15(13(20)21)5-6-18(8-15)12(19)10-4-3-9(22-2)7-11(10)23-14(16)17/h3-4,7,14H,5-6,8H2,1-2H3,(H,20,21). The molecule has 1 saturated heterocycles. The van der Waals surface area contributed by atoms with Gasteiger partial charge < -0.3 is 19.5 Å². The molecule has 2 rings (SSSR count). The van der Waals surface area contributed by atoms with Crippen LogP contribution in [-0.2, 0) is 4.79 Å². The molecule has 0 saturated carbocycles. The number of aliphatic carboxylic acids is 1. The monoisotopic (exact) mass is 329 g/mol. The normalized spacial score (nSPS) is 20.7. The third-order valence-corrected chi connectivity index (χ3v) is 3.91. The van der Waals surface area contributed by atoms with Crippen LogP contribution in [0.1, 0.15) is 23.7 Å². The smallest absolute Gasteiger partial charge is 0.387 e. The zero-order valence-corrected chi connectivity index (χ0v) is 12.7. The third kappa shape index (κ3) is 3.52. The fourth-order valence-electron chi connectivity index (χ4n) is 2.48. The predicted molar refractivity (Wildman–Crippen MR) is 75.9 cm³/mol. The maximum absolute atomic E-state index is 12.5. The topological polar surface area (TPSA) is 76.1 Å². The summed E-state index contributed by atoms with van der Waals surface area (Å²) in [6.45, 7) is -1.28. The van der Waals surface area contributed by atoms with Gasteiger partial charge in [0.1, 0.15) is 11.5 Å². The number of nitrogens with zero attached hydrogens (tertiary/aromatic N) is 1. The van der Waals surface area contributed by atoms with Crippen LogP contribution in [0, 0.1) is 5.41 Å². The second kappa shape index (κ2) is 6.39. The lowest BCUT2D eigenvalue weighted by atomic mass is 9.90. The Kier molecular flexibility index (Phi) is 4.72. The van der Waals surface area contributed by atoms with Gasteiger partial charge >= 0.3 is 12.6 Å². The number of carboxylic acids is 1. The summed E-state index contributed by atoms with van der Waals surface area (Å²) in [5.74, 6) is -1.57. The van der Waals surface area contributed by atoms with Gasteiger partial charge in [0.2, 0.25) is 0 Å². The highest BCUT2D eigenvalue weighted by atomic mass is 19.3. The first kappa shape index (κ1) is 17.0. The number of alkyl halides is 2. The van der Waals surface area contributed by atoms with E-state index >= 15 is 0 Å². The van der Waals surface area contributed by atoms with Crippen molar-refractivity contribution in [3.8, 4) is 11.5 Å². The van der Waals surface area contributed by atoms with Gasteiger partial charge in [-0.15, -0.1) is 0 Å². The minimum atomic E-state index is -3.09. The molecule has 1 aromatic rings. The van der Waals surface area contributed by atoms with E-state index in [1.54, 1.807) is 6.92 Å². The van der Waals surface area contributed by atoms with Crippen molar-refractivity contribution in [2.45, 2.75) is 20.0 Å². The number of rotatable bonds is 5. The number of likely N-dealkylation sites (tertiary alicyclic amines) is 1. The summed E-state index contributed by atoms with van der Waals surface area (Å²) in [6.07, 6.45) is 0.301. The van der Waals surface area contributed by atoms with E-state index < -0.39 is 23.9 Å². The zero-order valence-electron chi connectivity index (χ0n) is 12.7. The Balaban J connectivity index is 2.27. The number of methoxy groups -OCH3 is 1. The van der Waals surface area contributed by atoms with Crippen molar-refractivity contribution in [2.75, 3.05) is 20.2 Å². The summed E-state index contributed by atoms with van der Waals surface area (Å²) in [5, 5.41) is 9.21. The number of carbonyl (C=O) groups is 2. The summed E-state index contributed by atoms with van der Waals surface area (Å²) in [5.41, 5.74) is -1.09. The van der Waals surface area contributed by atoms with Gasteiger partial charge in [0.25, 0.3) is 5.91 Å². The van der Waals surface area contributed by atoms with Crippen LogP contribution in [0.25, 0.3) is 0 Å². The van der Waals surface area contributed by atoms with Crippen LogP contribution in [0.5, 0.6) is 11.5 Å². The molecular formula is C15H17F2NO5. The van der Waals surface area contributed by atoms with Crippen LogP contribution in [-0.4, -0.2) is 48.7 Å². The number of hydrogen-bond acceptors (Lipinski definition) is 4. The average molecular weight is 329 g/mol. The predicted octanol–water partition coefficient (Wildman–Crippen LogP) is 2.23. The lowest BCUT2D eigenvalue weighted by Crippen LogP contribution is -2.35. The van der Waals surface area contributed by atoms with E-state index in [0.717, 1.165) is 0 Å². The Bertz CT molecular complexity index is 622. The Hall–Kier alpha value is -2.38. The molecule has 8 heteroatoms. The molecule has 1 aromatic carbocycles. The van der Waals surface area contributed by atoms with Crippen LogP contribution in [0.4, 0.5) is 8.78 Å².